The third-order valence-electron chi connectivity index (χ3n) is 7.02. The lowest BCUT2D eigenvalue weighted by Gasteiger charge is -2.14. The van der Waals surface area contributed by atoms with Gasteiger partial charge in [-0.15, -0.1) is 0 Å². The van der Waals surface area contributed by atoms with E-state index in [1.165, 1.54) is 38.1 Å². The van der Waals surface area contributed by atoms with Crippen LogP contribution >= 0.6 is 0 Å². The van der Waals surface area contributed by atoms with E-state index in [1.807, 2.05) is 0 Å². The summed E-state index contributed by atoms with van der Waals surface area (Å²) < 4.78 is 0. The summed E-state index contributed by atoms with van der Waals surface area (Å²) in [6, 6.07) is 36.4. The van der Waals surface area contributed by atoms with Crippen LogP contribution in [0.15, 0.2) is 103 Å². The Kier molecular flexibility index (Phi) is 4.58. The fourth-order valence-corrected chi connectivity index (χ4v) is 5.09. The van der Waals surface area contributed by atoms with E-state index in [1.54, 1.807) is 0 Å². The molecule has 0 radical (unpaired) electrons. The van der Waals surface area contributed by atoms with Crippen molar-refractivity contribution in [2.75, 3.05) is 0 Å². The highest BCUT2D eigenvalue weighted by atomic mass is 15.0. The second-order valence-corrected chi connectivity index (χ2v) is 9.51. The van der Waals surface area contributed by atoms with E-state index in [-0.39, 0.29) is 0 Å². The molecule has 7 rings (SSSR count). The molecule has 1 aromatic heterocycles. The number of rotatable bonds is 3. The van der Waals surface area contributed by atoms with Gasteiger partial charge in [-0.05, 0) is 52.2 Å². The van der Waals surface area contributed by atoms with Crippen LogP contribution in [-0.2, 0) is 0 Å². The average Bonchev–Trinajstić information content (AvgIpc) is 2.92. The van der Waals surface area contributed by atoms with Gasteiger partial charge in [0.1, 0.15) is 0 Å². The average molecular weight is 462 g/mol. The number of aromatic nitrogens is 3. The van der Waals surface area contributed by atoms with Crippen molar-refractivity contribution in [2.24, 2.45) is 0 Å². The van der Waals surface area contributed by atoms with Gasteiger partial charge in [0.2, 0.25) is 0 Å². The van der Waals surface area contributed by atoms with E-state index < -0.39 is 0 Å². The molecule has 36 heavy (non-hydrogen) atoms. The van der Waals surface area contributed by atoms with Crippen LogP contribution in [-0.4, -0.2) is 15.0 Å². The zero-order valence-electron chi connectivity index (χ0n) is 20.2. The topological polar surface area (TPSA) is 38.7 Å². The molecule has 0 aliphatic carbocycles. The molecule has 6 aromatic carbocycles. The summed E-state index contributed by atoms with van der Waals surface area (Å²) in [7, 11) is 0. The van der Waals surface area contributed by atoms with E-state index in [9.17, 15) is 0 Å². The second kappa shape index (κ2) is 7.96. The summed E-state index contributed by atoms with van der Waals surface area (Å²) in [5, 5.41) is 7.44. The predicted octanol–water partition coefficient (Wildman–Crippen LogP) is 8.39. The SMILES string of the molecule is Cc1ccc(-c2nc(-c3ccc(C)cc3)nc(-c3ccc4ccc5cccc6ccc3c4c56)n2)cc1. The Morgan fingerprint density at radius 1 is 0.417 bits per heavy atom. The quantitative estimate of drug-likeness (QED) is 0.248. The van der Waals surface area contributed by atoms with Crippen LogP contribution in [0.5, 0.6) is 0 Å². The summed E-state index contributed by atoms with van der Waals surface area (Å²) in [5.74, 6) is 2.05. The fourth-order valence-electron chi connectivity index (χ4n) is 5.09. The summed E-state index contributed by atoms with van der Waals surface area (Å²) in [5.41, 5.74) is 5.40. The second-order valence-electron chi connectivity index (χ2n) is 9.51. The maximum absolute atomic E-state index is 5.01. The lowest BCUT2D eigenvalue weighted by Crippen LogP contribution is -2.01. The van der Waals surface area contributed by atoms with Gasteiger partial charge in [0.25, 0.3) is 0 Å². The van der Waals surface area contributed by atoms with Crippen LogP contribution in [0.2, 0.25) is 0 Å². The van der Waals surface area contributed by atoms with E-state index in [4.69, 9.17) is 15.0 Å². The Labute approximate surface area is 209 Å². The van der Waals surface area contributed by atoms with Crippen LogP contribution in [0.25, 0.3) is 66.5 Å². The molecule has 0 unspecified atom stereocenters. The van der Waals surface area contributed by atoms with Gasteiger partial charge in [0.05, 0.1) is 0 Å². The molecule has 0 spiro atoms. The number of nitrogens with zero attached hydrogens (tertiary/aromatic N) is 3. The molecule has 7 aromatic rings. The smallest absolute Gasteiger partial charge is 0.164 e. The van der Waals surface area contributed by atoms with Crippen LogP contribution in [0, 0.1) is 13.8 Å². The van der Waals surface area contributed by atoms with Crippen molar-refractivity contribution >= 4 is 32.3 Å². The maximum atomic E-state index is 5.01. The molecule has 0 N–H and O–H groups in total. The Bertz CT molecular complexity index is 1810. The largest absolute Gasteiger partial charge is 0.208 e. The molecule has 170 valence electrons. The molecular formula is C33H23N3. The molecule has 3 heteroatoms. The first-order valence-electron chi connectivity index (χ1n) is 12.2. The first kappa shape index (κ1) is 20.7. The van der Waals surface area contributed by atoms with E-state index in [0.717, 1.165) is 22.1 Å². The van der Waals surface area contributed by atoms with Crippen molar-refractivity contribution < 1.29 is 0 Å². The predicted molar refractivity (Wildman–Crippen MR) is 149 cm³/mol. The minimum Gasteiger partial charge on any atom is -0.208 e. The number of benzene rings is 6. The van der Waals surface area contributed by atoms with E-state index >= 15 is 0 Å². The summed E-state index contributed by atoms with van der Waals surface area (Å²) in [6.45, 7) is 4.18. The molecule has 0 aliphatic rings. The van der Waals surface area contributed by atoms with E-state index in [0.29, 0.717) is 17.5 Å². The van der Waals surface area contributed by atoms with Gasteiger partial charge in [0, 0.05) is 16.7 Å². The highest BCUT2D eigenvalue weighted by Crippen LogP contribution is 2.39. The number of aryl methyl sites for hydroxylation is 2. The number of hydrogen-bond donors (Lipinski definition) is 0. The molecule has 0 aliphatic heterocycles. The Balaban J connectivity index is 1.52. The molecule has 0 atom stereocenters. The van der Waals surface area contributed by atoms with Gasteiger partial charge in [-0.1, -0.05) is 108 Å². The minimum atomic E-state index is 0.682. The summed E-state index contributed by atoms with van der Waals surface area (Å²) >= 11 is 0. The first-order valence-corrected chi connectivity index (χ1v) is 12.2. The summed E-state index contributed by atoms with van der Waals surface area (Å²) in [4.78, 5) is 14.9. The molecule has 0 bridgehead atoms. The third-order valence-corrected chi connectivity index (χ3v) is 7.02. The molecule has 0 fully saturated rings. The van der Waals surface area contributed by atoms with Crippen molar-refractivity contribution in [3.63, 3.8) is 0 Å². The van der Waals surface area contributed by atoms with Crippen LogP contribution in [0.1, 0.15) is 11.1 Å². The van der Waals surface area contributed by atoms with Crippen molar-refractivity contribution in [1.29, 1.82) is 0 Å². The monoisotopic (exact) mass is 461 g/mol. The number of hydrogen-bond acceptors (Lipinski definition) is 3. The molecule has 0 saturated heterocycles. The van der Waals surface area contributed by atoms with Gasteiger partial charge >= 0.3 is 0 Å². The van der Waals surface area contributed by atoms with Crippen molar-refractivity contribution in [2.45, 2.75) is 13.8 Å². The molecule has 0 saturated carbocycles. The Morgan fingerprint density at radius 2 is 0.889 bits per heavy atom. The lowest BCUT2D eigenvalue weighted by atomic mass is 9.92. The maximum Gasteiger partial charge on any atom is 0.164 e. The first-order chi connectivity index (χ1) is 17.6. The van der Waals surface area contributed by atoms with Gasteiger partial charge in [-0.25, -0.2) is 15.0 Å². The normalized spacial score (nSPS) is 11.6. The third kappa shape index (κ3) is 3.32. The molecule has 3 nitrogen and oxygen atoms in total. The van der Waals surface area contributed by atoms with Crippen LogP contribution in [0.4, 0.5) is 0 Å². The molecule has 1 heterocycles. The lowest BCUT2D eigenvalue weighted by molar-refractivity contribution is 1.08. The molecular weight excluding hydrogens is 438 g/mol. The van der Waals surface area contributed by atoms with Crippen LogP contribution in [0.3, 0.4) is 0 Å². The molecule has 0 amide bonds. The zero-order valence-corrected chi connectivity index (χ0v) is 20.2. The standard InChI is InChI=1S/C33H23N3/c1-20-6-10-25(11-7-20)31-34-32(26-12-8-21(2)9-13-26)36-33(35-31)28-19-17-24-15-14-22-4-3-5-23-16-18-27(28)30(24)29(22)23/h3-19H,1-2H3. The summed E-state index contributed by atoms with van der Waals surface area (Å²) in [6.07, 6.45) is 0. The van der Waals surface area contributed by atoms with Crippen molar-refractivity contribution in [3.05, 3.63) is 114 Å². The highest BCUT2D eigenvalue weighted by molar-refractivity contribution is 6.25. The van der Waals surface area contributed by atoms with Gasteiger partial charge < -0.3 is 0 Å². The van der Waals surface area contributed by atoms with Crippen molar-refractivity contribution in [3.8, 4) is 34.2 Å². The Morgan fingerprint density at radius 3 is 1.47 bits per heavy atom. The van der Waals surface area contributed by atoms with Crippen LogP contribution < -0.4 is 0 Å². The zero-order chi connectivity index (χ0) is 24.2. The Hall–Kier alpha value is -4.63. The van der Waals surface area contributed by atoms with Gasteiger partial charge in [0.15, 0.2) is 17.5 Å². The fraction of sp³-hybridized carbons (Fsp3) is 0.0606. The van der Waals surface area contributed by atoms with Gasteiger partial charge in [-0.3, -0.25) is 0 Å². The van der Waals surface area contributed by atoms with Gasteiger partial charge in [-0.2, -0.15) is 0 Å². The van der Waals surface area contributed by atoms with E-state index in [2.05, 4.69) is 117 Å². The van der Waals surface area contributed by atoms with Crippen molar-refractivity contribution in [1.82, 2.24) is 15.0 Å². The highest BCUT2D eigenvalue weighted by Gasteiger charge is 2.16. The minimum absolute atomic E-state index is 0.682.